The van der Waals surface area contributed by atoms with Crippen molar-refractivity contribution in [2.45, 2.75) is 45.3 Å². The molecule has 0 aliphatic carbocycles. The van der Waals surface area contributed by atoms with Gasteiger partial charge in [0, 0.05) is 25.7 Å². The van der Waals surface area contributed by atoms with Gasteiger partial charge in [-0.15, -0.1) is 0 Å². The lowest BCUT2D eigenvalue weighted by Gasteiger charge is -2.34. The SMILES string of the molecule is CCn1ncnc1C(C)NC1CCN(c2ncnc3nc[nH]c23)CC1. The second-order valence-corrected chi connectivity index (χ2v) is 6.38. The molecule has 1 saturated heterocycles. The quantitative estimate of drug-likeness (QED) is 0.721. The Labute approximate surface area is 145 Å². The minimum Gasteiger partial charge on any atom is -0.355 e. The summed E-state index contributed by atoms with van der Waals surface area (Å²) in [5, 5.41) is 7.96. The summed E-state index contributed by atoms with van der Waals surface area (Å²) in [6.07, 6.45) is 7.00. The summed E-state index contributed by atoms with van der Waals surface area (Å²) in [5.74, 6) is 1.94. The predicted octanol–water partition coefficient (Wildman–Crippen LogP) is 1.28. The van der Waals surface area contributed by atoms with E-state index in [0.717, 1.165) is 55.3 Å². The molecular weight excluding hydrogens is 318 g/mol. The molecule has 1 aliphatic heterocycles. The highest BCUT2D eigenvalue weighted by Crippen LogP contribution is 2.24. The molecule has 3 aromatic heterocycles. The average Bonchev–Trinajstić information content (AvgIpc) is 3.31. The molecule has 1 aliphatic rings. The van der Waals surface area contributed by atoms with E-state index in [1.54, 1.807) is 19.0 Å². The van der Waals surface area contributed by atoms with Crippen molar-refractivity contribution in [3.63, 3.8) is 0 Å². The first-order valence-corrected chi connectivity index (χ1v) is 8.79. The van der Waals surface area contributed by atoms with Crippen LogP contribution in [0.4, 0.5) is 5.82 Å². The van der Waals surface area contributed by atoms with Crippen LogP contribution in [0.5, 0.6) is 0 Å². The maximum Gasteiger partial charge on any atom is 0.182 e. The average molecular weight is 341 g/mol. The minimum absolute atomic E-state index is 0.192. The normalized spacial score (nSPS) is 17.3. The van der Waals surface area contributed by atoms with Crippen molar-refractivity contribution >= 4 is 17.0 Å². The van der Waals surface area contributed by atoms with Crippen LogP contribution < -0.4 is 10.2 Å². The third-order valence-corrected chi connectivity index (χ3v) is 4.82. The Hall–Kier alpha value is -2.55. The topological polar surface area (TPSA) is 100 Å². The first-order chi connectivity index (χ1) is 12.3. The van der Waals surface area contributed by atoms with E-state index in [1.807, 2.05) is 4.68 Å². The highest BCUT2D eigenvalue weighted by molar-refractivity contribution is 5.82. The number of rotatable bonds is 5. The Morgan fingerprint density at radius 1 is 1.20 bits per heavy atom. The molecule has 9 nitrogen and oxygen atoms in total. The van der Waals surface area contributed by atoms with Gasteiger partial charge in [0.1, 0.15) is 24.0 Å². The highest BCUT2D eigenvalue weighted by atomic mass is 15.3. The fraction of sp³-hybridized carbons (Fsp3) is 0.562. The number of fused-ring (bicyclic) bond motifs is 1. The molecule has 1 unspecified atom stereocenters. The van der Waals surface area contributed by atoms with Gasteiger partial charge in [-0.2, -0.15) is 5.10 Å². The molecule has 4 heterocycles. The summed E-state index contributed by atoms with van der Waals surface area (Å²) in [6.45, 7) is 6.99. The van der Waals surface area contributed by atoms with E-state index in [2.05, 4.69) is 54.1 Å². The van der Waals surface area contributed by atoms with Crippen LogP contribution in [0.2, 0.25) is 0 Å². The van der Waals surface area contributed by atoms with Crippen LogP contribution in [-0.4, -0.2) is 53.8 Å². The zero-order chi connectivity index (χ0) is 17.2. The number of H-pyrrole nitrogens is 1. The number of piperidine rings is 1. The van der Waals surface area contributed by atoms with Gasteiger partial charge in [-0.05, 0) is 26.7 Å². The summed E-state index contributed by atoms with van der Waals surface area (Å²) in [4.78, 5) is 22.7. The fourth-order valence-corrected chi connectivity index (χ4v) is 3.53. The number of aryl methyl sites for hydroxylation is 1. The lowest BCUT2D eigenvalue weighted by molar-refractivity contribution is 0.365. The number of aromatic amines is 1. The third-order valence-electron chi connectivity index (χ3n) is 4.82. The van der Waals surface area contributed by atoms with Crippen molar-refractivity contribution in [2.75, 3.05) is 18.0 Å². The van der Waals surface area contributed by atoms with E-state index in [-0.39, 0.29) is 6.04 Å². The molecule has 0 bridgehead atoms. The number of aromatic nitrogens is 7. The number of imidazole rings is 1. The van der Waals surface area contributed by atoms with Gasteiger partial charge in [0.05, 0.1) is 12.4 Å². The van der Waals surface area contributed by atoms with Crippen molar-refractivity contribution in [3.8, 4) is 0 Å². The van der Waals surface area contributed by atoms with Crippen molar-refractivity contribution < 1.29 is 0 Å². The molecule has 0 aromatic carbocycles. The Morgan fingerprint density at radius 3 is 2.84 bits per heavy atom. The van der Waals surface area contributed by atoms with Crippen LogP contribution in [0.15, 0.2) is 19.0 Å². The molecule has 1 fully saturated rings. The summed E-state index contributed by atoms with van der Waals surface area (Å²) in [6, 6.07) is 0.657. The smallest absolute Gasteiger partial charge is 0.182 e. The van der Waals surface area contributed by atoms with Crippen molar-refractivity contribution in [1.29, 1.82) is 0 Å². The Bertz CT molecular complexity index is 831. The highest BCUT2D eigenvalue weighted by Gasteiger charge is 2.24. The molecule has 0 saturated carbocycles. The second-order valence-electron chi connectivity index (χ2n) is 6.38. The molecular formula is C16H23N9. The van der Waals surface area contributed by atoms with Crippen LogP contribution in [-0.2, 0) is 6.54 Å². The van der Waals surface area contributed by atoms with Crippen molar-refractivity contribution in [2.24, 2.45) is 0 Å². The number of hydrogen-bond acceptors (Lipinski definition) is 7. The molecule has 2 N–H and O–H groups in total. The van der Waals surface area contributed by atoms with Gasteiger partial charge in [-0.25, -0.2) is 24.6 Å². The maximum absolute atomic E-state index is 4.45. The summed E-state index contributed by atoms with van der Waals surface area (Å²) >= 11 is 0. The van der Waals surface area contributed by atoms with Crippen LogP contribution >= 0.6 is 0 Å². The van der Waals surface area contributed by atoms with Gasteiger partial charge in [0.15, 0.2) is 11.5 Å². The lowest BCUT2D eigenvalue weighted by Crippen LogP contribution is -2.44. The molecule has 132 valence electrons. The van der Waals surface area contributed by atoms with Crippen LogP contribution in [0.3, 0.4) is 0 Å². The second kappa shape index (κ2) is 6.75. The molecule has 0 spiro atoms. The molecule has 3 aromatic rings. The summed E-state index contributed by atoms with van der Waals surface area (Å²) in [5.41, 5.74) is 1.64. The molecule has 1 atom stereocenters. The van der Waals surface area contributed by atoms with Gasteiger partial charge in [0.25, 0.3) is 0 Å². The number of nitrogens with zero attached hydrogens (tertiary/aromatic N) is 7. The van der Waals surface area contributed by atoms with Gasteiger partial charge >= 0.3 is 0 Å². The Morgan fingerprint density at radius 2 is 2.04 bits per heavy atom. The van der Waals surface area contributed by atoms with Gasteiger partial charge in [-0.3, -0.25) is 0 Å². The zero-order valence-corrected chi connectivity index (χ0v) is 14.6. The first-order valence-electron chi connectivity index (χ1n) is 8.79. The summed E-state index contributed by atoms with van der Waals surface area (Å²) < 4.78 is 1.95. The molecule has 25 heavy (non-hydrogen) atoms. The van der Waals surface area contributed by atoms with E-state index in [1.165, 1.54) is 0 Å². The Kier molecular flexibility index (Phi) is 4.31. The van der Waals surface area contributed by atoms with E-state index in [4.69, 9.17) is 0 Å². The third kappa shape index (κ3) is 3.07. The number of nitrogens with one attached hydrogen (secondary N) is 2. The zero-order valence-electron chi connectivity index (χ0n) is 14.6. The van der Waals surface area contributed by atoms with E-state index in [9.17, 15) is 0 Å². The standard InChI is InChI=1S/C16H23N9/c1-3-25-15(21-10-22-25)11(2)23-12-4-6-24(7-5-12)16-13-14(18-8-17-13)19-9-20-16/h8-12,23H,3-7H2,1-2H3,(H,17,18,19,20). The van der Waals surface area contributed by atoms with E-state index in [0.29, 0.717) is 6.04 Å². The van der Waals surface area contributed by atoms with E-state index >= 15 is 0 Å². The lowest BCUT2D eigenvalue weighted by atomic mass is 10.0. The van der Waals surface area contributed by atoms with Crippen molar-refractivity contribution in [1.82, 2.24) is 40.0 Å². The minimum atomic E-state index is 0.192. The first kappa shape index (κ1) is 15.9. The largest absolute Gasteiger partial charge is 0.355 e. The molecule has 0 radical (unpaired) electrons. The number of anilines is 1. The molecule has 4 rings (SSSR count). The van der Waals surface area contributed by atoms with Crippen LogP contribution in [0.1, 0.15) is 38.6 Å². The van der Waals surface area contributed by atoms with Gasteiger partial charge in [0.2, 0.25) is 0 Å². The molecule has 9 heteroatoms. The van der Waals surface area contributed by atoms with Crippen LogP contribution in [0, 0.1) is 0 Å². The molecule has 0 amide bonds. The Balaban J connectivity index is 1.39. The summed E-state index contributed by atoms with van der Waals surface area (Å²) in [7, 11) is 0. The van der Waals surface area contributed by atoms with Gasteiger partial charge in [-0.1, -0.05) is 0 Å². The monoisotopic (exact) mass is 341 g/mol. The maximum atomic E-state index is 4.45. The van der Waals surface area contributed by atoms with Gasteiger partial charge < -0.3 is 15.2 Å². The van der Waals surface area contributed by atoms with E-state index < -0.39 is 0 Å². The number of hydrogen-bond donors (Lipinski definition) is 2. The predicted molar refractivity (Wildman–Crippen MR) is 94.2 cm³/mol. The van der Waals surface area contributed by atoms with Crippen LogP contribution in [0.25, 0.3) is 11.2 Å². The van der Waals surface area contributed by atoms with Crippen molar-refractivity contribution in [3.05, 3.63) is 24.8 Å². The fourth-order valence-electron chi connectivity index (χ4n) is 3.53.